The number of benzene rings is 1. The Morgan fingerprint density at radius 1 is 1.33 bits per heavy atom. The molecular weight excluding hydrogens is 348 g/mol. The quantitative estimate of drug-likeness (QED) is 0.518. The summed E-state index contributed by atoms with van der Waals surface area (Å²) in [5.74, 6) is -1.51. The number of ketones is 1. The lowest BCUT2D eigenvalue weighted by atomic mass is 9.93. The minimum Gasteiger partial charge on any atom is -0.503 e. The number of nitro groups is 1. The third-order valence-electron chi connectivity index (χ3n) is 5.11. The van der Waals surface area contributed by atoms with E-state index in [1.54, 1.807) is 6.07 Å². The molecule has 7 nitrogen and oxygen atoms in total. The highest BCUT2D eigenvalue weighted by Gasteiger charge is 2.45. The molecule has 2 rings (SSSR count). The monoisotopic (exact) mass is 374 g/mol. The zero-order chi connectivity index (χ0) is 20.1. The standard InChI is InChI=1S/C20H26N2O5/c1-4-6-9-14(5-2)12-21-18(17(13(3)23)19(24)20(21)25)15-10-7-8-11-16(15)22(26)27/h7-8,10-11,14,18,24H,4-6,9,12H2,1-3H3/t14-,18-/m1/s1. The van der Waals surface area contributed by atoms with Gasteiger partial charge in [0, 0.05) is 12.6 Å². The van der Waals surface area contributed by atoms with Gasteiger partial charge in [0.15, 0.2) is 11.5 Å². The maximum absolute atomic E-state index is 12.7. The Hall–Kier alpha value is -2.70. The van der Waals surface area contributed by atoms with Gasteiger partial charge in [-0.05, 0) is 25.3 Å². The number of aliphatic hydroxyl groups excluding tert-OH is 1. The van der Waals surface area contributed by atoms with Crippen molar-refractivity contribution in [2.45, 2.75) is 52.5 Å². The summed E-state index contributed by atoms with van der Waals surface area (Å²) < 4.78 is 0. The first-order valence-corrected chi connectivity index (χ1v) is 9.31. The smallest absolute Gasteiger partial charge is 0.290 e. The number of carbonyl (C=O) groups is 2. The van der Waals surface area contributed by atoms with E-state index < -0.39 is 28.4 Å². The van der Waals surface area contributed by atoms with Gasteiger partial charge in [0.25, 0.3) is 11.6 Å². The van der Waals surface area contributed by atoms with Gasteiger partial charge in [0.1, 0.15) is 0 Å². The fourth-order valence-electron chi connectivity index (χ4n) is 3.61. The minimum absolute atomic E-state index is 0.0698. The molecule has 0 spiro atoms. The molecule has 1 aromatic rings. The number of hydrogen-bond acceptors (Lipinski definition) is 5. The number of carbonyl (C=O) groups excluding carboxylic acids is 2. The molecule has 1 amide bonds. The van der Waals surface area contributed by atoms with Crippen LogP contribution in [0.3, 0.4) is 0 Å². The molecule has 7 heteroatoms. The number of Topliss-reactive ketones (excluding diaryl/α,β-unsaturated/α-hetero) is 1. The van der Waals surface area contributed by atoms with Crippen LogP contribution in [-0.4, -0.2) is 33.2 Å². The highest BCUT2D eigenvalue weighted by molar-refractivity contribution is 6.08. The van der Waals surface area contributed by atoms with Gasteiger partial charge in [-0.1, -0.05) is 45.2 Å². The number of aliphatic hydroxyl groups is 1. The summed E-state index contributed by atoms with van der Waals surface area (Å²) in [5, 5.41) is 21.8. The molecule has 0 saturated carbocycles. The zero-order valence-corrected chi connectivity index (χ0v) is 16.0. The van der Waals surface area contributed by atoms with E-state index in [4.69, 9.17) is 0 Å². The van der Waals surface area contributed by atoms with Crippen LogP contribution in [0.15, 0.2) is 35.6 Å². The van der Waals surface area contributed by atoms with Crippen LogP contribution in [0.2, 0.25) is 0 Å². The van der Waals surface area contributed by atoms with Crippen LogP contribution in [0.25, 0.3) is 0 Å². The number of nitro benzene ring substituents is 1. The molecular formula is C20H26N2O5. The zero-order valence-electron chi connectivity index (χ0n) is 16.0. The molecule has 2 atom stereocenters. The normalized spacial score (nSPS) is 18.1. The molecule has 0 saturated heterocycles. The van der Waals surface area contributed by atoms with Gasteiger partial charge in [0.2, 0.25) is 0 Å². The predicted octanol–water partition coefficient (Wildman–Crippen LogP) is 4.10. The van der Waals surface area contributed by atoms with E-state index in [1.807, 2.05) is 6.92 Å². The van der Waals surface area contributed by atoms with Crippen LogP contribution in [-0.2, 0) is 9.59 Å². The Balaban J connectivity index is 2.51. The van der Waals surface area contributed by atoms with Gasteiger partial charge in [-0.3, -0.25) is 19.7 Å². The molecule has 1 aliphatic rings. The van der Waals surface area contributed by atoms with E-state index in [-0.39, 0.29) is 22.7 Å². The molecule has 0 aromatic heterocycles. The largest absolute Gasteiger partial charge is 0.503 e. The van der Waals surface area contributed by atoms with E-state index in [9.17, 15) is 24.8 Å². The van der Waals surface area contributed by atoms with Gasteiger partial charge in [-0.2, -0.15) is 0 Å². The Morgan fingerprint density at radius 3 is 2.56 bits per heavy atom. The van der Waals surface area contributed by atoms with Crippen molar-refractivity contribution in [3.05, 3.63) is 51.3 Å². The van der Waals surface area contributed by atoms with E-state index in [0.29, 0.717) is 6.54 Å². The Morgan fingerprint density at radius 2 is 2.00 bits per heavy atom. The van der Waals surface area contributed by atoms with Crippen molar-refractivity contribution in [3.63, 3.8) is 0 Å². The van der Waals surface area contributed by atoms with Crippen molar-refractivity contribution in [2.75, 3.05) is 6.54 Å². The lowest BCUT2D eigenvalue weighted by molar-refractivity contribution is -0.385. The lowest BCUT2D eigenvalue weighted by Gasteiger charge is -2.30. The minimum atomic E-state index is -0.938. The Labute approximate surface area is 158 Å². The fourth-order valence-corrected chi connectivity index (χ4v) is 3.61. The Bertz CT molecular complexity index is 771. The average molecular weight is 374 g/mol. The van der Waals surface area contributed by atoms with Crippen molar-refractivity contribution in [1.82, 2.24) is 4.90 Å². The SMILES string of the molecule is CCCC[C@@H](CC)CN1C(=O)C(O)=C(C(C)=O)[C@H]1c1ccccc1[N+](=O)[O-]. The molecule has 27 heavy (non-hydrogen) atoms. The third-order valence-corrected chi connectivity index (χ3v) is 5.11. The van der Waals surface area contributed by atoms with Crippen molar-refractivity contribution >= 4 is 17.4 Å². The summed E-state index contributed by atoms with van der Waals surface area (Å²) in [4.78, 5) is 37.2. The number of rotatable bonds is 9. The van der Waals surface area contributed by atoms with Gasteiger partial charge in [-0.15, -0.1) is 0 Å². The van der Waals surface area contributed by atoms with Gasteiger partial charge >= 0.3 is 0 Å². The highest BCUT2D eigenvalue weighted by atomic mass is 16.6. The topological polar surface area (TPSA) is 101 Å². The lowest BCUT2D eigenvalue weighted by Crippen LogP contribution is -2.35. The average Bonchev–Trinajstić information content (AvgIpc) is 2.89. The van der Waals surface area contributed by atoms with Crippen LogP contribution in [0, 0.1) is 16.0 Å². The van der Waals surface area contributed by atoms with Crippen LogP contribution in [0.5, 0.6) is 0 Å². The molecule has 1 aliphatic heterocycles. The summed E-state index contributed by atoms with van der Waals surface area (Å²) in [6.45, 7) is 5.72. The van der Waals surface area contributed by atoms with E-state index in [0.717, 1.165) is 25.7 Å². The second kappa shape index (κ2) is 8.79. The second-order valence-corrected chi connectivity index (χ2v) is 6.91. The number of nitrogens with zero attached hydrogens (tertiary/aromatic N) is 2. The molecule has 0 aliphatic carbocycles. The maximum atomic E-state index is 12.7. The van der Waals surface area contributed by atoms with Crippen molar-refractivity contribution in [1.29, 1.82) is 0 Å². The predicted molar refractivity (Wildman–Crippen MR) is 101 cm³/mol. The maximum Gasteiger partial charge on any atom is 0.290 e. The summed E-state index contributed by atoms with van der Waals surface area (Å²) >= 11 is 0. The number of hydrogen-bond donors (Lipinski definition) is 1. The van der Waals surface area contributed by atoms with Gasteiger partial charge in [-0.25, -0.2) is 0 Å². The van der Waals surface area contributed by atoms with E-state index in [2.05, 4.69) is 6.92 Å². The molecule has 0 unspecified atom stereocenters. The van der Waals surface area contributed by atoms with Crippen molar-refractivity contribution < 1.29 is 19.6 Å². The van der Waals surface area contributed by atoms with Crippen LogP contribution < -0.4 is 0 Å². The first-order valence-electron chi connectivity index (χ1n) is 9.31. The number of unbranched alkanes of at least 4 members (excludes halogenated alkanes) is 1. The molecule has 1 N–H and O–H groups in total. The first kappa shape index (κ1) is 20.6. The van der Waals surface area contributed by atoms with Crippen LogP contribution >= 0.6 is 0 Å². The second-order valence-electron chi connectivity index (χ2n) is 6.91. The molecule has 1 heterocycles. The first-order chi connectivity index (χ1) is 12.8. The summed E-state index contributed by atoms with van der Waals surface area (Å²) in [6, 6.07) is 5.12. The van der Waals surface area contributed by atoms with Crippen LogP contribution in [0.1, 0.15) is 58.1 Å². The molecule has 1 aromatic carbocycles. The molecule has 0 bridgehead atoms. The molecule has 146 valence electrons. The third kappa shape index (κ3) is 4.18. The fraction of sp³-hybridized carbons (Fsp3) is 0.500. The van der Waals surface area contributed by atoms with Gasteiger partial charge < -0.3 is 10.0 Å². The number of para-hydroxylation sites is 1. The van der Waals surface area contributed by atoms with E-state index >= 15 is 0 Å². The highest BCUT2D eigenvalue weighted by Crippen LogP contribution is 2.41. The van der Waals surface area contributed by atoms with Gasteiger partial charge in [0.05, 0.1) is 22.1 Å². The Kier molecular flexibility index (Phi) is 6.71. The number of amides is 1. The van der Waals surface area contributed by atoms with Crippen molar-refractivity contribution in [2.24, 2.45) is 5.92 Å². The van der Waals surface area contributed by atoms with E-state index in [1.165, 1.54) is 30.0 Å². The van der Waals surface area contributed by atoms with Crippen LogP contribution in [0.4, 0.5) is 5.69 Å². The summed E-state index contributed by atoms with van der Waals surface area (Å²) in [6.07, 6.45) is 3.79. The summed E-state index contributed by atoms with van der Waals surface area (Å²) in [7, 11) is 0. The summed E-state index contributed by atoms with van der Waals surface area (Å²) in [5.41, 5.74) is 0.00504. The van der Waals surface area contributed by atoms with Crippen molar-refractivity contribution in [3.8, 4) is 0 Å². The molecule has 0 radical (unpaired) electrons. The molecule has 0 fully saturated rings.